The van der Waals surface area contributed by atoms with E-state index in [1.165, 1.54) is 0 Å². The number of carbonyl (C=O) groups is 1. The number of amides is 1. The molecule has 1 aliphatic heterocycles. The van der Waals surface area contributed by atoms with Gasteiger partial charge in [-0.1, -0.05) is 11.6 Å². The molecule has 19 heavy (non-hydrogen) atoms. The number of carbonyl (C=O) groups excluding carboxylic acids is 1. The van der Waals surface area contributed by atoms with Gasteiger partial charge in [0, 0.05) is 5.25 Å². The predicted octanol–water partition coefficient (Wildman–Crippen LogP) is 1.16. The van der Waals surface area contributed by atoms with Crippen LogP contribution in [-0.4, -0.2) is 34.7 Å². The van der Waals surface area contributed by atoms with Gasteiger partial charge >= 0.3 is 0 Å². The summed E-state index contributed by atoms with van der Waals surface area (Å²) in [6.07, 6.45) is 2.13. The number of rotatable bonds is 3. The largest absolute Gasteiger partial charge is 0.412 e. The van der Waals surface area contributed by atoms with Crippen molar-refractivity contribution in [2.45, 2.75) is 30.0 Å². The average molecular weight is 304 g/mol. The second-order valence-electron chi connectivity index (χ2n) is 4.37. The number of piperidine rings is 1. The van der Waals surface area contributed by atoms with Crippen molar-refractivity contribution in [3.63, 3.8) is 0 Å². The van der Waals surface area contributed by atoms with Gasteiger partial charge in [0.15, 0.2) is 0 Å². The van der Waals surface area contributed by atoms with E-state index in [-0.39, 0.29) is 5.48 Å². The highest BCUT2D eigenvalue weighted by Gasteiger charge is 2.20. The summed E-state index contributed by atoms with van der Waals surface area (Å²) in [6.45, 7) is 3.84. The highest BCUT2D eigenvalue weighted by atomic mass is 35.5. The quantitative estimate of drug-likeness (QED) is 0.818. The molecule has 1 saturated heterocycles. The van der Waals surface area contributed by atoms with Crippen LogP contribution in [0.1, 0.15) is 28.8 Å². The van der Waals surface area contributed by atoms with Crippen LogP contribution in [-0.2, 0) is 0 Å². The number of thioether (sulfide) groups is 1. The normalized spacial score (nSPS) is 15.9. The minimum absolute atomic E-state index is 0. The Balaban J connectivity index is 0.00000180. The third kappa shape index (κ3) is 4.07. The second-order valence-corrected chi connectivity index (χ2v) is 6.05. The Morgan fingerprint density at radius 2 is 2.16 bits per heavy atom. The number of pyridine rings is 1. The molecule has 1 fully saturated rings. The molecule has 0 atom stereocenters. The van der Waals surface area contributed by atoms with E-state index in [0.717, 1.165) is 31.5 Å². The molecular weight excluding hydrogens is 286 g/mol. The van der Waals surface area contributed by atoms with Gasteiger partial charge in [-0.3, -0.25) is 4.79 Å². The Bertz CT molecular complexity index is 465. The molecule has 1 aromatic rings. The Labute approximate surface area is 121 Å². The van der Waals surface area contributed by atoms with Crippen LogP contribution in [0, 0.1) is 6.92 Å². The molecular formula is C12H18ClN3O2S. The standard InChI is InChI=1S/C12H16ClN3OS.H2O/c1-7-6-9(13)16-12(10(7)11(14)17)18-8-2-4-15-5-3-8;/h6,8,15H,2-5H2,1H3,(H2,14,17);1H2. The van der Waals surface area contributed by atoms with Crippen molar-refractivity contribution in [1.29, 1.82) is 0 Å². The van der Waals surface area contributed by atoms with Crippen molar-refractivity contribution in [2.75, 3.05) is 13.1 Å². The molecule has 0 aromatic carbocycles. The van der Waals surface area contributed by atoms with E-state index in [0.29, 0.717) is 21.0 Å². The fraction of sp³-hybridized carbons (Fsp3) is 0.500. The summed E-state index contributed by atoms with van der Waals surface area (Å²) in [5, 5.41) is 4.85. The lowest BCUT2D eigenvalue weighted by Crippen LogP contribution is -2.29. The summed E-state index contributed by atoms with van der Waals surface area (Å²) in [6, 6.07) is 1.67. The minimum atomic E-state index is -0.437. The Kier molecular flexibility index (Phi) is 6.06. The summed E-state index contributed by atoms with van der Waals surface area (Å²) in [7, 11) is 0. The highest BCUT2D eigenvalue weighted by molar-refractivity contribution is 7.99. The van der Waals surface area contributed by atoms with E-state index in [2.05, 4.69) is 10.3 Å². The molecule has 0 radical (unpaired) electrons. The number of aromatic nitrogens is 1. The predicted molar refractivity (Wildman–Crippen MR) is 77.9 cm³/mol. The lowest BCUT2D eigenvalue weighted by molar-refractivity contribution is 0.0996. The molecule has 106 valence electrons. The number of primary amides is 1. The van der Waals surface area contributed by atoms with E-state index < -0.39 is 5.91 Å². The van der Waals surface area contributed by atoms with Gasteiger partial charge in [0.1, 0.15) is 10.2 Å². The molecule has 0 spiro atoms. The van der Waals surface area contributed by atoms with Crippen molar-refractivity contribution < 1.29 is 10.3 Å². The van der Waals surface area contributed by atoms with Crippen molar-refractivity contribution in [3.05, 3.63) is 22.3 Å². The molecule has 5 N–H and O–H groups in total. The van der Waals surface area contributed by atoms with Gasteiger partial charge in [-0.25, -0.2) is 4.98 Å². The first-order chi connectivity index (χ1) is 8.58. The van der Waals surface area contributed by atoms with E-state index >= 15 is 0 Å². The van der Waals surface area contributed by atoms with E-state index in [1.54, 1.807) is 17.8 Å². The van der Waals surface area contributed by atoms with Gasteiger partial charge < -0.3 is 16.5 Å². The number of hydrogen-bond acceptors (Lipinski definition) is 4. The molecule has 1 aliphatic rings. The molecule has 5 nitrogen and oxygen atoms in total. The number of nitrogens with zero attached hydrogens (tertiary/aromatic N) is 1. The van der Waals surface area contributed by atoms with E-state index in [1.807, 2.05) is 6.92 Å². The SMILES string of the molecule is Cc1cc(Cl)nc(SC2CCNCC2)c1C(N)=O.O. The van der Waals surface area contributed by atoms with Gasteiger partial charge in [0.25, 0.3) is 5.91 Å². The summed E-state index contributed by atoms with van der Waals surface area (Å²) in [5.41, 5.74) is 6.72. The van der Waals surface area contributed by atoms with Gasteiger partial charge in [0.05, 0.1) is 5.56 Å². The maximum Gasteiger partial charge on any atom is 0.251 e. The van der Waals surface area contributed by atoms with Gasteiger partial charge in [-0.05, 0) is 44.5 Å². The molecule has 2 rings (SSSR count). The van der Waals surface area contributed by atoms with Gasteiger partial charge in [-0.15, -0.1) is 11.8 Å². The van der Waals surface area contributed by atoms with E-state index in [4.69, 9.17) is 17.3 Å². The van der Waals surface area contributed by atoms with Crippen LogP contribution in [0.5, 0.6) is 0 Å². The lowest BCUT2D eigenvalue weighted by atomic mass is 10.1. The third-order valence-corrected chi connectivity index (χ3v) is 4.48. The molecule has 1 aromatic heterocycles. The fourth-order valence-electron chi connectivity index (χ4n) is 2.06. The molecule has 7 heteroatoms. The van der Waals surface area contributed by atoms with Crippen LogP contribution in [0.4, 0.5) is 0 Å². The number of halogens is 1. The average Bonchev–Trinajstić information content (AvgIpc) is 2.28. The molecule has 0 aliphatic carbocycles. The number of nitrogens with two attached hydrogens (primary N) is 1. The smallest absolute Gasteiger partial charge is 0.251 e. The molecule has 1 amide bonds. The van der Waals surface area contributed by atoms with Gasteiger partial charge in [0.2, 0.25) is 0 Å². The number of nitrogens with one attached hydrogen (secondary N) is 1. The van der Waals surface area contributed by atoms with Gasteiger partial charge in [-0.2, -0.15) is 0 Å². The third-order valence-electron chi connectivity index (χ3n) is 2.96. The summed E-state index contributed by atoms with van der Waals surface area (Å²) in [5.74, 6) is -0.437. The second kappa shape index (κ2) is 7.09. The molecule has 0 bridgehead atoms. The topological polar surface area (TPSA) is 99.5 Å². The van der Waals surface area contributed by atoms with Crippen molar-refractivity contribution in [2.24, 2.45) is 5.73 Å². The van der Waals surface area contributed by atoms with Crippen molar-refractivity contribution >= 4 is 29.3 Å². The van der Waals surface area contributed by atoms with Crippen LogP contribution in [0.3, 0.4) is 0 Å². The maximum atomic E-state index is 11.5. The molecule has 0 saturated carbocycles. The monoisotopic (exact) mass is 303 g/mol. The van der Waals surface area contributed by atoms with Crippen LogP contribution in [0.25, 0.3) is 0 Å². The molecule has 0 unspecified atom stereocenters. The van der Waals surface area contributed by atoms with Crippen molar-refractivity contribution in [1.82, 2.24) is 10.3 Å². The summed E-state index contributed by atoms with van der Waals surface area (Å²) in [4.78, 5) is 15.8. The zero-order valence-corrected chi connectivity index (χ0v) is 12.3. The molecule has 2 heterocycles. The Hall–Kier alpha value is -0.820. The lowest BCUT2D eigenvalue weighted by Gasteiger charge is -2.22. The highest BCUT2D eigenvalue weighted by Crippen LogP contribution is 2.32. The zero-order chi connectivity index (χ0) is 13.1. The zero-order valence-electron chi connectivity index (χ0n) is 10.7. The number of aryl methyl sites for hydroxylation is 1. The van der Waals surface area contributed by atoms with Crippen molar-refractivity contribution in [3.8, 4) is 0 Å². The first-order valence-electron chi connectivity index (χ1n) is 5.92. The van der Waals surface area contributed by atoms with Crippen LogP contribution < -0.4 is 11.1 Å². The van der Waals surface area contributed by atoms with Crippen LogP contribution in [0.15, 0.2) is 11.1 Å². The Morgan fingerprint density at radius 3 is 2.74 bits per heavy atom. The Morgan fingerprint density at radius 1 is 1.53 bits per heavy atom. The van der Waals surface area contributed by atoms with Crippen LogP contribution in [0.2, 0.25) is 5.15 Å². The number of hydrogen-bond donors (Lipinski definition) is 2. The summed E-state index contributed by atoms with van der Waals surface area (Å²) >= 11 is 7.57. The van der Waals surface area contributed by atoms with E-state index in [9.17, 15) is 4.79 Å². The maximum absolute atomic E-state index is 11.5. The van der Waals surface area contributed by atoms with Crippen LogP contribution >= 0.6 is 23.4 Å². The fourth-order valence-corrected chi connectivity index (χ4v) is 3.68. The summed E-state index contributed by atoms with van der Waals surface area (Å²) < 4.78 is 0. The first-order valence-corrected chi connectivity index (χ1v) is 7.18. The minimum Gasteiger partial charge on any atom is -0.412 e. The first kappa shape index (κ1) is 16.2.